The van der Waals surface area contributed by atoms with Crippen LogP contribution in [-0.2, 0) is 9.47 Å². The van der Waals surface area contributed by atoms with Gasteiger partial charge in [0.05, 0.1) is 30.5 Å². The summed E-state index contributed by atoms with van der Waals surface area (Å²) in [4.78, 5) is 25.5. The van der Waals surface area contributed by atoms with Crippen molar-refractivity contribution in [2.75, 3.05) is 31.9 Å². The average Bonchev–Trinajstić information content (AvgIpc) is 3.60. The lowest BCUT2D eigenvalue weighted by Gasteiger charge is -2.44. The summed E-state index contributed by atoms with van der Waals surface area (Å²) in [5.74, 6) is 0.890. The van der Waals surface area contributed by atoms with Gasteiger partial charge < -0.3 is 14.2 Å². The molecular weight excluding hydrogens is 432 g/mol. The summed E-state index contributed by atoms with van der Waals surface area (Å²) in [6.07, 6.45) is 6.84. The summed E-state index contributed by atoms with van der Waals surface area (Å²) in [6.45, 7) is 7.70. The van der Waals surface area contributed by atoms with Crippen molar-refractivity contribution in [2.45, 2.75) is 70.4 Å². The van der Waals surface area contributed by atoms with Crippen LogP contribution in [0.25, 0.3) is 11.3 Å². The quantitative estimate of drug-likeness (QED) is 0.420. The maximum atomic E-state index is 13.0. The molecule has 1 aliphatic carbocycles. The number of hydrogen-bond acceptors (Lipinski definition) is 6. The molecule has 7 nitrogen and oxygen atoms in total. The lowest BCUT2D eigenvalue weighted by molar-refractivity contribution is 0.0523. The van der Waals surface area contributed by atoms with Gasteiger partial charge in [-0.15, -0.1) is 0 Å². The Morgan fingerprint density at radius 3 is 2.62 bits per heavy atom. The first-order chi connectivity index (χ1) is 16.4. The van der Waals surface area contributed by atoms with E-state index in [1.165, 1.54) is 11.1 Å². The average molecular weight is 467 g/mol. The summed E-state index contributed by atoms with van der Waals surface area (Å²) in [6, 6.07) is 6.19. The van der Waals surface area contributed by atoms with Crippen LogP contribution in [0.15, 0.2) is 29.2 Å². The fourth-order valence-corrected chi connectivity index (χ4v) is 5.48. The Morgan fingerprint density at radius 1 is 1.12 bits per heavy atom. The number of pyridine rings is 1. The molecule has 2 aromatic rings. The first kappa shape index (κ1) is 23.0. The van der Waals surface area contributed by atoms with Crippen LogP contribution < -0.4 is 15.2 Å². The second-order valence-corrected chi connectivity index (χ2v) is 10.2. The van der Waals surface area contributed by atoms with Gasteiger partial charge in [0, 0.05) is 38.0 Å². The molecule has 34 heavy (non-hydrogen) atoms. The highest BCUT2D eigenvalue weighted by Gasteiger charge is 2.45. The molecule has 3 aliphatic rings. The molecule has 0 unspecified atom stereocenters. The molecular formula is C27H34N2O5. The zero-order valence-electron chi connectivity index (χ0n) is 20.6. The largest absolute Gasteiger partial charge is 0.493 e. The maximum Gasteiger partial charge on any atom is 0.343 e. The number of carbonyl (C=O) groups is 1. The number of carbonyl (C=O) groups excluding carboxylic acids is 1. The molecule has 0 spiro atoms. The third-order valence-corrected chi connectivity index (χ3v) is 7.29. The van der Waals surface area contributed by atoms with E-state index in [9.17, 15) is 9.59 Å². The van der Waals surface area contributed by atoms with E-state index in [1.807, 2.05) is 4.68 Å². The summed E-state index contributed by atoms with van der Waals surface area (Å²) in [5, 5.41) is 2.32. The number of benzene rings is 1. The molecule has 182 valence electrons. The van der Waals surface area contributed by atoms with Crippen LogP contribution in [0.3, 0.4) is 0 Å². The van der Waals surface area contributed by atoms with E-state index in [0.717, 1.165) is 49.1 Å². The lowest BCUT2D eigenvalue weighted by atomic mass is 9.90. The monoisotopic (exact) mass is 466 g/mol. The fraction of sp³-hybridized carbons (Fsp3) is 0.556. The molecule has 2 fully saturated rings. The van der Waals surface area contributed by atoms with E-state index in [0.29, 0.717) is 19.1 Å². The zero-order valence-corrected chi connectivity index (χ0v) is 20.6. The van der Waals surface area contributed by atoms with E-state index in [1.54, 1.807) is 26.3 Å². The van der Waals surface area contributed by atoms with Crippen molar-refractivity contribution in [3.63, 3.8) is 0 Å². The van der Waals surface area contributed by atoms with Crippen molar-refractivity contribution in [1.29, 1.82) is 0 Å². The van der Waals surface area contributed by atoms with Crippen LogP contribution in [-0.4, -0.2) is 43.1 Å². The summed E-state index contributed by atoms with van der Waals surface area (Å²) >= 11 is 0. The predicted molar refractivity (Wildman–Crippen MR) is 130 cm³/mol. The zero-order chi connectivity index (χ0) is 24.0. The van der Waals surface area contributed by atoms with E-state index in [-0.39, 0.29) is 29.2 Å². The van der Waals surface area contributed by atoms with Crippen LogP contribution in [0.1, 0.15) is 86.3 Å². The summed E-state index contributed by atoms with van der Waals surface area (Å²) in [7, 11) is 1.71. The number of aromatic nitrogens is 1. The van der Waals surface area contributed by atoms with Crippen molar-refractivity contribution < 1.29 is 19.0 Å². The Kier molecular flexibility index (Phi) is 5.92. The topological polar surface area (TPSA) is 70.0 Å². The number of hydrogen-bond donors (Lipinski definition) is 0. The number of nitrogens with zero attached hydrogens (tertiary/aromatic N) is 2. The van der Waals surface area contributed by atoms with Gasteiger partial charge in [-0.2, -0.15) is 0 Å². The molecule has 1 aromatic heterocycles. The molecule has 1 atom stereocenters. The lowest BCUT2D eigenvalue weighted by Crippen LogP contribution is -2.50. The Bertz CT molecular complexity index is 1160. The number of fused-ring (bicyclic) bond motifs is 6. The van der Waals surface area contributed by atoms with Gasteiger partial charge in [0.2, 0.25) is 0 Å². The molecule has 0 N–H and O–H groups in total. The van der Waals surface area contributed by atoms with Gasteiger partial charge in [0.1, 0.15) is 11.3 Å². The highest BCUT2D eigenvalue weighted by atomic mass is 16.5. The van der Waals surface area contributed by atoms with Gasteiger partial charge in [-0.25, -0.2) is 4.79 Å². The molecule has 1 aromatic carbocycles. The van der Waals surface area contributed by atoms with Gasteiger partial charge in [-0.05, 0) is 75.6 Å². The van der Waals surface area contributed by atoms with Crippen molar-refractivity contribution in [3.05, 3.63) is 51.3 Å². The van der Waals surface area contributed by atoms with Gasteiger partial charge in [0.15, 0.2) is 5.43 Å². The van der Waals surface area contributed by atoms with Crippen LogP contribution in [0.4, 0.5) is 0 Å². The first-order valence-electron chi connectivity index (χ1n) is 12.4. The molecule has 0 radical (unpaired) electrons. The summed E-state index contributed by atoms with van der Waals surface area (Å²) < 4.78 is 18.6. The first-order valence-corrected chi connectivity index (χ1v) is 12.4. The Labute approximate surface area is 200 Å². The van der Waals surface area contributed by atoms with Crippen LogP contribution in [0.5, 0.6) is 5.75 Å². The number of ether oxygens (including phenoxy) is 3. The fourth-order valence-electron chi connectivity index (χ4n) is 5.48. The van der Waals surface area contributed by atoms with Crippen LogP contribution in [0, 0.1) is 0 Å². The van der Waals surface area contributed by atoms with Crippen molar-refractivity contribution in [3.8, 4) is 17.0 Å². The van der Waals surface area contributed by atoms with E-state index >= 15 is 0 Å². The van der Waals surface area contributed by atoms with Crippen molar-refractivity contribution in [1.82, 2.24) is 4.68 Å². The third-order valence-electron chi connectivity index (χ3n) is 7.29. The second-order valence-electron chi connectivity index (χ2n) is 10.2. The second kappa shape index (κ2) is 8.77. The van der Waals surface area contributed by atoms with Crippen LogP contribution in [0.2, 0.25) is 0 Å². The Balaban J connectivity index is 1.65. The van der Waals surface area contributed by atoms with Crippen molar-refractivity contribution >= 4 is 5.97 Å². The molecule has 5 rings (SSSR count). The number of rotatable bonds is 8. The van der Waals surface area contributed by atoms with Crippen LogP contribution >= 0.6 is 0 Å². The van der Waals surface area contributed by atoms with Gasteiger partial charge in [-0.1, -0.05) is 0 Å². The Hall–Kier alpha value is -2.80. The normalized spacial score (nSPS) is 19.9. The molecule has 1 saturated heterocycles. The number of esters is 1. The van der Waals surface area contributed by atoms with Crippen molar-refractivity contribution in [2.24, 2.45) is 0 Å². The Morgan fingerprint density at radius 2 is 1.91 bits per heavy atom. The van der Waals surface area contributed by atoms with E-state index in [2.05, 4.69) is 31.0 Å². The molecule has 2 aliphatic heterocycles. The minimum Gasteiger partial charge on any atom is -0.493 e. The predicted octanol–water partition coefficient (Wildman–Crippen LogP) is 4.55. The van der Waals surface area contributed by atoms with E-state index in [4.69, 9.17) is 14.2 Å². The molecule has 1 saturated carbocycles. The highest BCUT2D eigenvalue weighted by molar-refractivity contribution is 5.89. The minimum absolute atomic E-state index is 0.0796. The van der Waals surface area contributed by atoms with Gasteiger partial charge >= 0.3 is 5.97 Å². The minimum atomic E-state index is -0.569. The van der Waals surface area contributed by atoms with E-state index < -0.39 is 5.97 Å². The SMILES string of the molecule is CCOC(=O)c1cn2c(cc1=O)-c1cc(C3CC3)c(OCCCOC)cc1[C@H]1CCC(C)(C)N12. The maximum absolute atomic E-state index is 13.0. The molecule has 3 heterocycles. The number of methoxy groups -OCH3 is 1. The molecule has 0 amide bonds. The molecule has 7 heteroatoms. The van der Waals surface area contributed by atoms with Gasteiger partial charge in [0.25, 0.3) is 0 Å². The smallest absolute Gasteiger partial charge is 0.343 e. The highest BCUT2D eigenvalue weighted by Crippen LogP contribution is 2.52. The third kappa shape index (κ3) is 3.90. The van der Waals surface area contributed by atoms with Gasteiger partial charge in [-0.3, -0.25) is 14.5 Å². The molecule has 0 bridgehead atoms. The standard InChI is InChI=1S/C27H34N2O5/c1-5-33-26(31)21-16-28-23(15-24(21)30)19-13-18(17-7-8-17)25(34-12-6-11-32-4)14-20(19)22-9-10-27(2,3)29(22)28/h13-17,22H,5-12H2,1-4H3/t22-/m1/s1. The summed E-state index contributed by atoms with van der Waals surface area (Å²) in [5.41, 5.74) is 3.95.